The van der Waals surface area contributed by atoms with Crippen molar-refractivity contribution in [1.29, 1.82) is 0 Å². The average molecular weight is 348 g/mol. The van der Waals surface area contributed by atoms with Crippen molar-refractivity contribution < 1.29 is 17.9 Å². The largest absolute Gasteiger partial charge is 0.495 e. The van der Waals surface area contributed by atoms with Crippen LogP contribution >= 0.6 is 0 Å². The van der Waals surface area contributed by atoms with E-state index in [2.05, 4.69) is 10.0 Å². The monoisotopic (exact) mass is 348 g/mol. The van der Waals surface area contributed by atoms with Crippen LogP contribution in [0.3, 0.4) is 0 Å². The normalized spacial score (nSPS) is 11.0. The molecule has 6 nitrogen and oxygen atoms in total. The summed E-state index contributed by atoms with van der Waals surface area (Å²) in [5, 5.41) is 2.65. The molecule has 0 aliphatic heterocycles. The highest BCUT2D eigenvalue weighted by molar-refractivity contribution is 7.92. The van der Waals surface area contributed by atoms with Crippen molar-refractivity contribution in [3.8, 4) is 5.75 Å². The van der Waals surface area contributed by atoms with Crippen LogP contribution in [0.15, 0.2) is 47.4 Å². The second kappa shape index (κ2) is 7.35. The number of nitrogens with one attached hydrogen (secondary N) is 2. The third kappa shape index (κ3) is 3.86. The molecule has 0 radical (unpaired) electrons. The summed E-state index contributed by atoms with van der Waals surface area (Å²) in [4.78, 5) is 12.0. The lowest BCUT2D eigenvalue weighted by Gasteiger charge is -2.14. The Balaban J connectivity index is 2.42. The molecular weight excluding hydrogens is 328 g/mol. The minimum absolute atomic E-state index is 0.0529. The standard InChI is InChI=1S/C17H20N2O4S/c1-4-18-17(20)13-10-9-12(2)16(11-13)24(21,22)19-14-7-5-6-8-15(14)23-3/h5-11,19H,4H2,1-3H3,(H,18,20). The van der Waals surface area contributed by atoms with E-state index in [1.54, 1.807) is 50.2 Å². The van der Waals surface area contributed by atoms with E-state index in [1.807, 2.05) is 0 Å². The zero-order valence-electron chi connectivity index (χ0n) is 13.8. The molecule has 0 aromatic heterocycles. The number of carbonyl (C=O) groups excluding carboxylic acids is 1. The number of methoxy groups -OCH3 is 1. The molecule has 2 rings (SSSR count). The molecule has 0 spiro atoms. The molecule has 0 aliphatic rings. The summed E-state index contributed by atoms with van der Waals surface area (Å²) >= 11 is 0. The fourth-order valence-corrected chi connectivity index (χ4v) is 3.56. The van der Waals surface area contributed by atoms with Crippen LogP contribution < -0.4 is 14.8 Å². The maximum atomic E-state index is 12.7. The molecule has 0 saturated heterocycles. The molecule has 7 heteroatoms. The summed E-state index contributed by atoms with van der Waals surface area (Å²) in [6.45, 7) is 3.94. The summed E-state index contributed by atoms with van der Waals surface area (Å²) in [5.74, 6) is 0.102. The number of sulfonamides is 1. The lowest BCUT2D eigenvalue weighted by molar-refractivity contribution is 0.0955. The Hall–Kier alpha value is -2.54. The first-order valence-electron chi connectivity index (χ1n) is 7.43. The van der Waals surface area contributed by atoms with Crippen molar-refractivity contribution in [1.82, 2.24) is 5.32 Å². The van der Waals surface area contributed by atoms with Crippen LogP contribution in [0.25, 0.3) is 0 Å². The zero-order valence-corrected chi connectivity index (χ0v) is 14.6. The van der Waals surface area contributed by atoms with Crippen LogP contribution in [-0.2, 0) is 10.0 Å². The maximum absolute atomic E-state index is 12.7. The van der Waals surface area contributed by atoms with Gasteiger partial charge in [0, 0.05) is 12.1 Å². The number of carbonyl (C=O) groups is 1. The molecule has 0 atom stereocenters. The molecule has 0 aliphatic carbocycles. The zero-order chi connectivity index (χ0) is 17.7. The smallest absolute Gasteiger partial charge is 0.262 e. The predicted octanol–water partition coefficient (Wildman–Crippen LogP) is 2.55. The second-order valence-electron chi connectivity index (χ2n) is 5.15. The maximum Gasteiger partial charge on any atom is 0.262 e. The molecule has 24 heavy (non-hydrogen) atoms. The van der Waals surface area contributed by atoms with Gasteiger partial charge in [-0.2, -0.15) is 0 Å². The molecule has 2 aromatic carbocycles. The molecule has 1 amide bonds. The van der Waals surface area contributed by atoms with Gasteiger partial charge in [0.25, 0.3) is 15.9 Å². The molecule has 0 heterocycles. The van der Waals surface area contributed by atoms with Gasteiger partial charge in [-0.25, -0.2) is 8.42 Å². The van der Waals surface area contributed by atoms with Gasteiger partial charge in [0.05, 0.1) is 17.7 Å². The molecule has 0 fully saturated rings. The van der Waals surface area contributed by atoms with E-state index >= 15 is 0 Å². The number of ether oxygens (including phenoxy) is 1. The first-order chi connectivity index (χ1) is 11.4. The fraction of sp³-hybridized carbons (Fsp3) is 0.235. The molecule has 128 valence electrons. The third-order valence-corrected chi connectivity index (χ3v) is 4.94. The van der Waals surface area contributed by atoms with Crippen molar-refractivity contribution in [2.45, 2.75) is 18.7 Å². The number of amides is 1. The quantitative estimate of drug-likeness (QED) is 0.840. The van der Waals surface area contributed by atoms with Crippen LogP contribution in [0.5, 0.6) is 5.75 Å². The Bertz CT molecular complexity index is 847. The summed E-state index contributed by atoms with van der Waals surface area (Å²) in [6.07, 6.45) is 0. The van der Waals surface area contributed by atoms with Gasteiger partial charge in [-0.3, -0.25) is 9.52 Å². The minimum Gasteiger partial charge on any atom is -0.495 e. The Kier molecular flexibility index (Phi) is 5.46. The Morgan fingerprint density at radius 2 is 1.88 bits per heavy atom. The summed E-state index contributed by atoms with van der Waals surface area (Å²) < 4.78 is 33.1. The van der Waals surface area contributed by atoms with Crippen LogP contribution in [0.4, 0.5) is 5.69 Å². The van der Waals surface area contributed by atoms with Gasteiger partial charge >= 0.3 is 0 Å². The van der Waals surface area contributed by atoms with Gasteiger partial charge in [0.15, 0.2) is 0 Å². The molecular formula is C17H20N2O4S. The van der Waals surface area contributed by atoms with Gasteiger partial charge in [0.1, 0.15) is 5.75 Å². The van der Waals surface area contributed by atoms with E-state index in [0.29, 0.717) is 29.1 Å². The molecule has 2 aromatic rings. The molecule has 0 saturated carbocycles. The number of rotatable bonds is 6. The first-order valence-corrected chi connectivity index (χ1v) is 8.92. The summed E-state index contributed by atoms with van der Waals surface area (Å²) in [7, 11) is -2.39. The van der Waals surface area contributed by atoms with Crippen LogP contribution in [0.2, 0.25) is 0 Å². The SMILES string of the molecule is CCNC(=O)c1ccc(C)c(S(=O)(=O)Nc2ccccc2OC)c1. The van der Waals surface area contributed by atoms with E-state index < -0.39 is 10.0 Å². The predicted molar refractivity (Wildman–Crippen MR) is 93.0 cm³/mol. The van der Waals surface area contributed by atoms with Gasteiger partial charge in [0.2, 0.25) is 0 Å². The van der Waals surface area contributed by atoms with Crippen LogP contribution in [0, 0.1) is 6.92 Å². The van der Waals surface area contributed by atoms with E-state index in [9.17, 15) is 13.2 Å². The van der Waals surface area contributed by atoms with Crippen molar-refractivity contribution in [3.05, 3.63) is 53.6 Å². The lowest BCUT2D eigenvalue weighted by atomic mass is 10.1. The second-order valence-corrected chi connectivity index (χ2v) is 6.80. The van der Waals surface area contributed by atoms with Crippen molar-refractivity contribution in [2.24, 2.45) is 0 Å². The highest BCUT2D eigenvalue weighted by Crippen LogP contribution is 2.27. The number of aryl methyl sites for hydroxylation is 1. The number of para-hydroxylation sites is 2. The van der Waals surface area contributed by atoms with Crippen molar-refractivity contribution >= 4 is 21.6 Å². The van der Waals surface area contributed by atoms with Gasteiger partial charge < -0.3 is 10.1 Å². The Morgan fingerprint density at radius 3 is 2.54 bits per heavy atom. The van der Waals surface area contributed by atoms with Crippen molar-refractivity contribution in [2.75, 3.05) is 18.4 Å². The van der Waals surface area contributed by atoms with E-state index in [-0.39, 0.29) is 10.8 Å². The topological polar surface area (TPSA) is 84.5 Å². The Labute approximate surface area is 141 Å². The molecule has 0 bridgehead atoms. The number of anilines is 1. The summed E-state index contributed by atoms with van der Waals surface area (Å²) in [6, 6.07) is 11.3. The van der Waals surface area contributed by atoms with Gasteiger partial charge in [-0.1, -0.05) is 18.2 Å². The lowest BCUT2D eigenvalue weighted by Crippen LogP contribution is -2.23. The van der Waals surface area contributed by atoms with Gasteiger partial charge in [-0.05, 0) is 43.7 Å². The van der Waals surface area contributed by atoms with E-state index in [4.69, 9.17) is 4.74 Å². The first kappa shape index (κ1) is 17.8. The van der Waals surface area contributed by atoms with E-state index in [1.165, 1.54) is 13.2 Å². The molecule has 2 N–H and O–H groups in total. The minimum atomic E-state index is -3.86. The highest BCUT2D eigenvalue weighted by Gasteiger charge is 2.20. The fourth-order valence-electron chi connectivity index (χ4n) is 2.22. The van der Waals surface area contributed by atoms with Crippen LogP contribution in [0.1, 0.15) is 22.8 Å². The number of benzene rings is 2. The average Bonchev–Trinajstić information content (AvgIpc) is 2.55. The van der Waals surface area contributed by atoms with Crippen LogP contribution in [-0.4, -0.2) is 28.0 Å². The van der Waals surface area contributed by atoms with E-state index in [0.717, 1.165) is 0 Å². The third-order valence-electron chi connectivity index (χ3n) is 3.43. The number of hydrogen-bond donors (Lipinski definition) is 2. The van der Waals surface area contributed by atoms with Gasteiger partial charge in [-0.15, -0.1) is 0 Å². The Morgan fingerprint density at radius 1 is 1.17 bits per heavy atom. The highest BCUT2D eigenvalue weighted by atomic mass is 32.2. The number of hydrogen-bond acceptors (Lipinski definition) is 4. The van der Waals surface area contributed by atoms with Crippen molar-refractivity contribution in [3.63, 3.8) is 0 Å². The molecule has 0 unspecified atom stereocenters. The summed E-state index contributed by atoms with van der Waals surface area (Å²) in [5.41, 5.74) is 1.18.